The van der Waals surface area contributed by atoms with Crippen LogP contribution in [0.25, 0.3) is 11.1 Å². The normalized spacial score (nSPS) is 8.32. The molecule has 0 spiro atoms. The van der Waals surface area contributed by atoms with Crippen LogP contribution in [0.4, 0.5) is 0 Å². The first-order valence-corrected chi connectivity index (χ1v) is 7.25. The molecule has 2 heteroatoms. The standard InChI is InChI=1S/C13H11.C5H5N.C2H6.Pt/c1-11-6-5-9-13(10-11)12-7-3-2-4-8-12;1-2-4-6-5-3-1;1-2;/h2-5,7-10H,1H3;1-5H;1-2H3;/q-1;;;. The topological polar surface area (TPSA) is 12.9 Å². The Labute approximate surface area is 148 Å². The van der Waals surface area contributed by atoms with Gasteiger partial charge in [0.2, 0.25) is 0 Å². The molecular formula is C20H22NPt-. The molecule has 0 N–H and O–H groups in total. The van der Waals surface area contributed by atoms with Crippen molar-refractivity contribution in [3.8, 4) is 11.1 Å². The summed E-state index contributed by atoms with van der Waals surface area (Å²) in [6, 6.07) is 25.4. The summed E-state index contributed by atoms with van der Waals surface area (Å²) in [5.74, 6) is 0. The molecule has 0 aliphatic heterocycles. The number of aromatic nitrogens is 1. The predicted octanol–water partition coefficient (Wildman–Crippen LogP) is 5.57. The summed E-state index contributed by atoms with van der Waals surface area (Å²) in [4.78, 5) is 3.78. The molecule has 0 atom stereocenters. The molecule has 1 nitrogen and oxygen atoms in total. The maximum absolute atomic E-state index is 3.78. The first-order chi connectivity index (χ1) is 10.4. The Morgan fingerprint density at radius 1 is 0.773 bits per heavy atom. The average Bonchev–Trinajstić information content (AvgIpc) is 2.60. The second-order valence-corrected chi connectivity index (χ2v) is 4.15. The molecule has 0 fully saturated rings. The fourth-order valence-corrected chi connectivity index (χ4v) is 1.71. The van der Waals surface area contributed by atoms with Crippen LogP contribution in [-0.2, 0) is 21.1 Å². The van der Waals surface area contributed by atoms with Crippen LogP contribution in [0.2, 0.25) is 0 Å². The fraction of sp³-hybridized carbons (Fsp3) is 0.150. The van der Waals surface area contributed by atoms with E-state index in [1.54, 1.807) is 12.4 Å². The summed E-state index contributed by atoms with van der Waals surface area (Å²) in [6.45, 7) is 6.06. The minimum atomic E-state index is 0. The zero-order chi connectivity index (χ0) is 15.3. The summed E-state index contributed by atoms with van der Waals surface area (Å²) in [5, 5.41) is 0. The van der Waals surface area contributed by atoms with E-state index in [0.29, 0.717) is 0 Å². The molecule has 3 rings (SSSR count). The largest absolute Gasteiger partial charge is 0.265 e. The van der Waals surface area contributed by atoms with Crippen molar-refractivity contribution >= 4 is 0 Å². The van der Waals surface area contributed by atoms with Gasteiger partial charge < -0.3 is 0 Å². The van der Waals surface area contributed by atoms with Gasteiger partial charge >= 0.3 is 0 Å². The van der Waals surface area contributed by atoms with Crippen LogP contribution >= 0.6 is 0 Å². The first kappa shape index (κ1) is 20.3. The van der Waals surface area contributed by atoms with Crippen LogP contribution in [0, 0.1) is 13.0 Å². The van der Waals surface area contributed by atoms with Crippen molar-refractivity contribution in [2.75, 3.05) is 0 Å². The van der Waals surface area contributed by atoms with Crippen molar-refractivity contribution in [1.29, 1.82) is 0 Å². The van der Waals surface area contributed by atoms with E-state index in [2.05, 4.69) is 54.4 Å². The van der Waals surface area contributed by atoms with Gasteiger partial charge in [0.25, 0.3) is 0 Å². The van der Waals surface area contributed by atoms with Crippen LogP contribution in [0.15, 0.2) is 79.1 Å². The number of hydrogen-bond donors (Lipinski definition) is 0. The van der Waals surface area contributed by atoms with Gasteiger partial charge in [-0.25, -0.2) is 0 Å². The monoisotopic (exact) mass is 471 g/mol. The Morgan fingerprint density at radius 3 is 1.82 bits per heavy atom. The molecule has 2 aromatic carbocycles. The molecule has 1 aromatic heterocycles. The summed E-state index contributed by atoms with van der Waals surface area (Å²) in [5.41, 5.74) is 3.71. The number of rotatable bonds is 1. The van der Waals surface area contributed by atoms with Gasteiger partial charge in [-0.05, 0) is 17.7 Å². The van der Waals surface area contributed by atoms with E-state index in [1.165, 1.54) is 16.7 Å². The van der Waals surface area contributed by atoms with Crippen LogP contribution < -0.4 is 0 Å². The van der Waals surface area contributed by atoms with E-state index < -0.39 is 0 Å². The molecule has 0 saturated carbocycles. The SMILES string of the molecule is CC.Cc1[c-]ccc(-c2ccccc2)c1.[Pt].c1ccncc1. The molecule has 22 heavy (non-hydrogen) atoms. The summed E-state index contributed by atoms with van der Waals surface area (Å²) < 4.78 is 0. The first-order valence-electron chi connectivity index (χ1n) is 7.25. The third-order valence-electron chi connectivity index (χ3n) is 2.62. The zero-order valence-electron chi connectivity index (χ0n) is 13.3. The third kappa shape index (κ3) is 7.90. The molecule has 0 saturated heterocycles. The van der Waals surface area contributed by atoms with Gasteiger partial charge in [-0.3, -0.25) is 4.98 Å². The van der Waals surface area contributed by atoms with Crippen molar-refractivity contribution in [3.05, 3.63) is 90.8 Å². The van der Waals surface area contributed by atoms with Gasteiger partial charge in [0.1, 0.15) is 0 Å². The van der Waals surface area contributed by atoms with Gasteiger partial charge in [-0.2, -0.15) is 29.8 Å². The Bertz CT molecular complexity index is 568. The van der Waals surface area contributed by atoms with Gasteiger partial charge in [0, 0.05) is 33.5 Å². The fourth-order valence-electron chi connectivity index (χ4n) is 1.71. The molecule has 0 radical (unpaired) electrons. The van der Waals surface area contributed by atoms with Gasteiger partial charge in [-0.1, -0.05) is 57.2 Å². The second-order valence-electron chi connectivity index (χ2n) is 4.15. The van der Waals surface area contributed by atoms with E-state index in [4.69, 9.17) is 0 Å². The molecule has 118 valence electrons. The molecule has 0 unspecified atom stereocenters. The van der Waals surface area contributed by atoms with Crippen molar-refractivity contribution in [2.24, 2.45) is 0 Å². The smallest absolute Gasteiger partial charge is 0.0267 e. The number of benzene rings is 2. The number of nitrogens with zero attached hydrogens (tertiary/aromatic N) is 1. The van der Waals surface area contributed by atoms with Crippen molar-refractivity contribution < 1.29 is 21.1 Å². The number of pyridine rings is 1. The molecule has 3 aromatic rings. The Morgan fingerprint density at radius 2 is 1.36 bits per heavy atom. The minimum Gasteiger partial charge on any atom is -0.265 e. The second kappa shape index (κ2) is 13.0. The minimum absolute atomic E-state index is 0. The van der Waals surface area contributed by atoms with Crippen molar-refractivity contribution in [2.45, 2.75) is 20.8 Å². The predicted molar refractivity (Wildman–Crippen MR) is 91.0 cm³/mol. The number of aryl methyl sites for hydroxylation is 1. The molecule has 0 bridgehead atoms. The molecule has 0 aliphatic carbocycles. The van der Waals surface area contributed by atoms with Crippen LogP contribution in [0.3, 0.4) is 0 Å². The van der Waals surface area contributed by atoms with Crippen molar-refractivity contribution in [1.82, 2.24) is 4.98 Å². The van der Waals surface area contributed by atoms with Gasteiger partial charge in [0.05, 0.1) is 0 Å². The molecular weight excluding hydrogens is 449 g/mol. The van der Waals surface area contributed by atoms with Crippen molar-refractivity contribution in [3.63, 3.8) is 0 Å². The summed E-state index contributed by atoms with van der Waals surface area (Å²) in [7, 11) is 0. The Hall–Kier alpha value is -1.72. The van der Waals surface area contributed by atoms with Crippen LogP contribution in [0.5, 0.6) is 0 Å². The zero-order valence-corrected chi connectivity index (χ0v) is 15.5. The van der Waals surface area contributed by atoms with E-state index in [-0.39, 0.29) is 21.1 Å². The maximum atomic E-state index is 3.78. The quantitative estimate of drug-likeness (QED) is 0.423. The van der Waals surface area contributed by atoms with E-state index in [0.717, 1.165) is 0 Å². The number of hydrogen-bond acceptors (Lipinski definition) is 1. The van der Waals surface area contributed by atoms with Crippen LogP contribution in [0.1, 0.15) is 19.4 Å². The molecule has 1 heterocycles. The van der Waals surface area contributed by atoms with E-state index >= 15 is 0 Å². The van der Waals surface area contributed by atoms with Gasteiger partial charge in [-0.15, -0.1) is 5.56 Å². The molecule has 0 amide bonds. The van der Waals surface area contributed by atoms with Gasteiger partial charge in [0.15, 0.2) is 0 Å². The Balaban J connectivity index is 0.000000416. The average molecular weight is 471 g/mol. The van der Waals surface area contributed by atoms with E-state index in [1.807, 2.05) is 44.2 Å². The third-order valence-corrected chi connectivity index (χ3v) is 2.62. The summed E-state index contributed by atoms with van der Waals surface area (Å²) in [6.07, 6.45) is 3.50. The summed E-state index contributed by atoms with van der Waals surface area (Å²) >= 11 is 0. The maximum Gasteiger partial charge on any atom is 0.0267 e. The Kier molecular flexibility index (Phi) is 12.0. The molecule has 0 aliphatic rings. The van der Waals surface area contributed by atoms with Crippen LogP contribution in [-0.4, -0.2) is 4.98 Å². The van der Waals surface area contributed by atoms with E-state index in [9.17, 15) is 0 Å².